The zero-order valence-electron chi connectivity index (χ0n) is 10.0. The third kappa shape index (κ3) is 2.74. The zero-order valence-corrected chi connectivity index (χ0v) is 10.0. The second-order valence-corrected chi connectivity index (χ2v) is 4.41. The van der Waals surface area contributed by atoms with E-state index in [1.54, 1.807) is 6.07 Å². The molecule has 1 heterocycles. The largest absolute Gasteiger partial charge is 0.461 e. The summed E-state index contributed by atoms with van der Waals surface area (Å²) in [5, 5.41) is 0. The smallest absolute Gasteiger partial charge is 0.134 e. The van der Waals surface area contributed by atoms with Gasteiger partial charge in [0, 0.05) is 18.0 Å². The Morgan fingerprint density at radius 3 is 2.76 bits per heavy atom. The number of hydrogen-bond donors (Lipinski definition) is 1. The van der Waals surface area contributed by atoms with Gasteiger partial charge in [-0.2, -0.15) is 0 Å². The first-order valence-electron chi connectivity index (χ1n) is 5.67. The molecule has 0 aliphatic rings. The molecule has 0 bridgehead atoms. The maximum Gasteiger partial charge on any atom is 0.134 e. The van der Waals surface area contributed by atoms with E-state index in [1.165, 1.54) is 12.1 Å². The van der Waals surface area contributed by atoms with Gasteiger partial charge in [0.05, 0.1) is 0 Å². The molecule has 1 aromatic carbocycles. The molecule has 0 fully saturated rings. The topological polar surface area (TPSA) is 39.2 Å². The quantitative estimate of drug-likeness (QED) is 0.883. The van der Waals surface area contributed by atoms with Crippen LogP contribution in [0.15, 0.2) is 34.7 Å². The Bertz CT molecular complexity index is 517. The van der Waals surface area contributed by atoms with Gasteiger partial charge >= 0.3 is 0 Å². The predicted octanol–water partition coefficient (Wildman–Crippen LogP) is 3.28. The van der Waals surface area contributed by atoms with Crippen LogP contribution in [0, 0.1) is 12.7 Å². The van der Waals surface area contributed by atoms with E-state index in [0.29, 0.717) is 12.2 Å². The summed E-state index contributed by atoms with van der Waals surface area (Å²) < 4.78 is 18.9. The van der Waals surface area contributed by atoms with E-state index in [4.69, 9.17) is 10.2 Å². The van der Waals surface area contributed by atoms with Gasteiger partial charge in [0.1, 0.15) is 17.3 Å². The van der Waals surface area contributed by atoms with Gasteiger partial charge in [-0.15, -0.1) is 0 Å². The Hall–Kier alpha value is -1.61. The molecule has 1 unspecified atom stereocenters. The van der Waals surface area contributed by atoms with Crippen LogP contribution >= 0.6 is 0 Å². The molecule has 0 saturated carbocycles. The van der Waals surface area contributed by atoms with Gasteiger partial charge in [-0.05, 0) is 43.7 Å². The van der Waals surface area contributed by atoms with Crippen LogP contribution < -0.4 is 5.73 Å². The normalized spacial score (nSPS) is 12.7. The van der Waals surface area contributed by atoms with Crippen molar-refractivity contribution in [1.82, 2.24) is 0 Å². The number of rotatable bonds is 3. The summed E-state index contributed by atoms with van der Waals surface area (Å²) in [5.74, 6) is 1.27. The number of nitrogens with two attached hydrogens (primary N) is 1. The van der Waals surface area contributed by atoms with Gasteiger partial charge < -0.3 is 10.2 Å². The minimum atomic E-state index is -0.254. The van der Waals surface area contributed by atoms with Gasteiger partial charge in [-0.25, -0.2) is 4.39 Å². The summed E-state index contributed by atoms with van der Waals surface area (Å²) in [6, 6.07) is 8.50. The monoisotopic (exact) mass is 233 g/mol. The first-order valence-corrected chi connectivity index (χ1v) is 5.67. The highest BCUT2D eigenvalue weighted by molar-refractivity contribution is 5.62. The first kappa shape index (κ1) is 11.9. The molecule has 1 atom stereocenters. The molecule has 2 rings (SSSR count). The van der Waals surface area contributed by atoms with Crippen molar-refractivity contribution in [2.24, 2.45) is 5.73 Å². The summed E-state index contributed by atoms with van der Waals surface area (Å²) in [6.07, 6.45) is 0.689. The Kier molecular flexibility index (Phi) is 3.29. The molecule has 0 aliphatic carbocycles. The second kappa shape index (κ2) is 4.72. The predicted molar refractivity (Wildman–Crippen MR) is 66.2 cm³/mol. The van der Waals surface area contributed by atoms with Crippen LogP contribution in [-0.4, -0.2) is 6.04 Å². The third-order valence-corrected chi connectivity index (χ3v) is 2.65. The van der Waals surface area contributed by atoms with Crippen LogP contribution in [0.2, 0.25) is 0 Å². The Morgan fingerprint density at radius 2 is 2.06 bits per heavy atom. The molecule has 1 aromatic heterocycles. The average Bonchev–Trinajstić information content (AvgIpc) is 2.69. The molecule has 17 heavy (non-hydrogen) atoms. The van der Waals surface area contributed by atoms with E-state index in [-0.39, 0.29) is 11.9 Å². The van der Waals surface area contributed by atoms with E-state index in [1.807, 2.05) is 26.0 Å². The summed E-state index contributed by atoms with van der Waals surface area (Å²) in [7, 11) is 0. The molecule has 90 valence electrons. The highest BCUT2D eigenvalue weighted by Crippen LogP contribution is 2.26. The van der Waals surface area contributed by atoms with E-state index in [0.717, 1.165) is 16.9 Å². The molecule has 2 aromatic rings. The van der Waals surface area contributed by atoms with Crippen LogP contribution in [0.3, 0.4) is 0 Å². The van der Waals surface area contributed by atoms with Gasteiger partial charge in [0.25, 0.3) is 0 Å². The SMILES string of the molecule is Cc1ccc(F)cc1-c1ccc(CC(C)N)o1. The van der Waals surface area contributed by atoms with Crippen LogP contribution in [0.5, 0.6) is 0 Å². The standard InChI is InChI=1S/C14H16FNO/c1-9-3-4-11(15)8-13(9)14-6-5-12(17-14)7-10(2)16/h3-6,8,10H,7,16H2,1-2H3. The minimum Gasteiger partial charge on any atom is -0.461 e. The fraction of sp³-hybridized carbons (Fsp3) is 0.286. The third-order valence-electron chi connectivity index (χ3n) is 2.65. The molecule has 0 aliphatic heterocycles. The van der Waals surface area contributed by atoms with Crippen LogP contribution in [0.1, 0.15) is 18.2 Å². The van der Waals surface area contributed by atoms with E-state index in [2.05, 4.69) is 0 Å². The van der Waals surface area contributed by atoms with Gasteiger partial charge in [0.15, 0.2) is 0 Å². The van der Waals surface area contributed by atoms with Crippen molar-refractivity contribution in [3.05, 3.63) is 47.5 Å². The van der Waals surface area contributed by atoms with Gasteiger partial charge in [-0.1, -0.05) is 6.07 Å². The maximum atomic E-state index is 13.2. The lowest BCUT2D eigenvalue weighted by Crippen LogP contribution is -2.17. The summed E-state index contributed by atoms with van der Waals surface area (Å²) in [4.78, 5) is 0. The van der Waals surface area contributed by atoms with Crippen LogP contribution in [-0.2, 0) is 6.42 Å². The van der Waals surface area contributed by atoms with E-state index < -0.39 is 0 Å². The molecular weight excluding hydrogens is 217 g/mol. The highest BCUT2D eigenvalue weighted by Gasteiger charge is 2.09. The Balaban J connectivity index is 2.33. The summed E-state index contributed by atoms with van der Waals surface area (Å²) in [5.41, 5.74) is 7.49. The number of aryl methyl sites for hydroxylation is 1. The lowest BCUT2D eigenvalue weighted by molar-refractivity contribution is 0.502. The van der Waals surface area contributed by atoms with Crippen molar-refractivity contribution in [1.29, 1.82) is 0 Å². The molecule has 2 nitrogen and oxygen atoms in total. The van der Waals surface area contributed by atoms with Crippen molar-refractivity contribution < 1.29 is 8.81 Å². The van der Waals surface area contributed by atoms with Gasteiger partial charge in [0.2, 0.25) is 0 Å². The fourth-order valence-electron chi connectivity index (χ4n) is 1.81. The summed E-state index contributed by atoms with van der Waals surface area (Å²) >= 11 is 0. The molecule has 2 N–H and O–H groups in total. The number of benzene rings is 1. The fourth-order valence-corrected chi connectivity index (χ4v) is 1.81. The lowest BCUT2D eigenvalue weighted by Gasteiger charge is -2.03. The van der Waals surface area contributed by atoms with E-state index in [9.17, 15) is 4.39 Å². The number of hydrogen-bond acceptors (Lipinski definition) is 2. The van der Waals surface area contributed by atoms with Crippen molar-refractivity contribution in [2.45, 2.75) is 26.3 Å². The van der Waals surface area contributed by atoms with Gasteiger partial charge in [-0.3, -0.25) is 0 Å². The van der Waals surface area contributed by atoms with Crippen molar-refractivity contribution in [2.75, 3.05) is 0 Å². The van der Waals surface area contributed by atoms with Crippen molar-refractivity contribution >= 4 is 0 Å². The van der Waals surface area contributed by atoms with Crippen LogP contribution in [0.25, 0.3) is 11.3 Å². The molecule has 0 amide bonds. The molecule has 3 heteroatoms. The average molecular weight is 233 g/mol. The van der Waals surface area contributed by atoms with Crippen LogP contribution in [0.4, 0.5) is 4.39 Å². The Labute approximate surface area is 100 Å². The molecule has 0 radical (unpaired) electrons. The number of furan rings is 1. The van der Waals surface area contributed by atoms with Crippen molar-refractivity contribution in [3.63, 3.8) is 0 Å². The van der Waals surface area contributed by atoms with E-state index >= 15 is 0 Å². The zero-order chi connectivity index (χ0) is 12.4. The van der Waals surface area contributed by atoms with Crippen molar-refractivity contribution in [3.8, 4) is 11.3 Å². The second-order valence-electron chi connectivity index (χ2n) is 4.41. The maximum absolute atomic E-state index is 13.2. The molecule has 0 saturated heterocycles. The summed E-state index contributed by atoms with van der Waals surface area (Å²) in [6.45, 7) is 3.86. The lowest BCUT2D eigenvalue weighted by atomic mass is 10.1. The minimum absolute atomic E-state index is 0.0580. The molecular formula is C14H16FNO. The highest BCUT2D eigenvalue weighted by atomic mass is 19.1. The Morgan fingerprint density at radius 1 is 1.29 bits per heavy atom. The molecule has 0 spiro atoms. The first-order chi connectivity index (χ1) is 8.06. The number of halogens is 1.